The molecule has 0 aliphatic carbocycles. The first kappa shape index (κ1) is 14.0. The fourth-order valence-electron chi connectivity index (χ4n) is 2.06. The second kappa shape index (κ2) is 6.06. The van der Waals surface area contributed by atoms with Crippen LogP contribution in [0.3, 0.4) is 0 Å². The van der Waals surface area contributed by atoms with Crippen molar-refractivity contribution in [3.05, 3.63) is 29.8 Å². The van der Waals surface area contributed by atoms with Crippen LogP contribution in [0.1, 0.15) is 32.8 Å². The largest absolute Gasteiger partial charge is 0.497 e. The van der Waals surface area contributed by atoms with Gasteiger partial charge in [-0.2, -0.15) is 0 Å². The van der Waals surface area contributed by atoms with Gasteiger partial charge >= 0.3 is 0 Å². The second-order valence-corrected chi connectivity index (χ2v) is 5.80. The van der Waals surface area contributed by atoms with Gasteiger partial charge in [-0.15, -0.1) is 0 Å². The molecule has 1 N–H and O–H groups in total. The van der Waals surface area contributed by atoms with Crippen LogP contribution in [-0.2, 0) is 6.42 Å². The fraction of sp³-hybridized carbons (Fsp3) is 0.600. The van der Waals surface area contributed by atoms with Gasteiger partial charge in [0.2, 0.25) is 0 Å². The highest BCUT2D eigenvalue weighted by atomic mass is 16.5. The summed E-state index contributed by atoms with van der Waals surface area (Å²) in [6.45, 7) is 6.85. The number of hydrogen-bond acceptors (Lipinski definition) is 2. The summed E-state index contributed by atoms with van der Waals surface area (Å²) in [4.78, 5) is 0. The van der Waals surface area contributed by atoms with E-state index in [1.807, 2.05) is 19.2 Å². The van der Waals surface area contributed by atoms with Crippen molar-refractivity contribution in [3.8, 4) is 5.75 Å². The minimum Gasteiger partial charge on any atom is -0.497 e. The SMILES string of the molecule is CNC(Cc1ccc(OC)cc1)CC(C)(C)C. The van der Waals surface area contributed by atoms with Crippen molar-refractivity contribution >= 4 is 0 Å². The minimum atomic E-state index is 0.361. The molecule has 1 aromatic rings. The quantitative estimate of drug-likeness (QED) is 0.846. The molecule has 1 unspecified atom stereocenters. The lowest BCUT2D eigenvalue weighted by molar-refractivity contribution is 0.316. The Morgan fingerprint density at radius 3 is 2.18 bits per heavy atom. The first-order chi connectivity index (χ1) is 7.94. The van der Waals surface area contributed by atoms with Crippen molar-refractivity contribution in [2.75, 3.05) is 14.2 Å². The van der Waals surface area contributed by atoms with Crippen LogP contribution in [0, 0.1) is 5.41 Å². The van der Waals surface area contributed by atoms with Gasteiger partial charge in [-0.05, 0) is 43.0 Å². The van der Waals surface area contributed by atoms with Crippen LogP contribution < -0.4 is 10.1 Å². The highest BCUT2D eigenvalue weighted by Gasteiger charge is 2.17. The number of nitrogens with one attached hydrogen (secondary N) is 1. The Bertz CT molecular complexity index is 324. The zero-order chi connectivity index (χ0) is 12.9. The van der Waals surface area contributed by atoms with E-state index >= 15 is 0 Å². The fourth-order valence-corrected chi connectivity index (χ4v) is 2.06. The number of rotatable bonds is 5. The predicted molar refractivity (Wildman–Crippen MR) is 73.6 cm³/mol. The standard InChI is InChI=1S/C15H25NO/c1-15(2,3)11-13(16-4)10-12-6-8-14(17-5)9-7-12/h6-9,13,16H,10-11H2,1-5H3. The van der Waals surface area contributed by atoms with Crippen molar-refractivity contribution in [2.24, 2.45) is 5.41 Å². The van der Waals surface area contributed by atoms with E-state index in [-0.39, 0.29) is 0 Å². The van der Waals surface area contributed by atoms with E-state index in [1.165, 1.54) is 12.0 Å². The zero-order valence-corrected chi connectivity index (χ0v) is 11.7. The molecule has 0 aliphatic heterocycles. The van der Waals surface area contributed by atoms with Crippen LogP contribution in [0.4, 0.5) is 0 Å². The average Bonchev–Trinajstić information content (AvgIpc) is 2.27. The van der Waals surface area contributed by atoms with E-state index in [1.54, 1.807) is 7.11 Å². The lowest BCUT2D eigenvalue weighted by atomic mass is 9.86. The maximum atomic E-state index is 5.17. The summed E-state index contributed by atoms with van der Waals surface area (Å²) >= 11 is 0. The highest BCUT2D eigenvalue weighted by molar-refractivity contribution is 5.27. The minimum absolute atomic E-state index is 0.361. The molecule has 0 amide bonds. The Balaban J connectivity index is 2.61. The Morgan fingerprint density at radius 2 is 1.76 bits per heavy atom. The molecule has 1 aromatic carbocycles. The molecule has 2 nitrogen and oxygen atoms in total. The normalized spacial score (nSPS) is 13.5. The van der Waals surface area contributed by atoms with Crippen LogP contribution in [-0.4, -0.2) is 20.2 Å². The Kier molecular flexibility index (Phi) is 5.01. The molecule has 0 spiro atoms. The lowest BCUT2D eigenvalue weighted by Gasteiger charge is -2.25. The van der Waals surface area contributed by atoms with E-state index in [9.17, 15) is 0 Å². The van der Waals surface area contributed by atoms with Crippen LogP contribution in [0.15, 0.2) is 24.3 Å². The molecule has 0 saturated carbocycles. The topological polar surface area (TPSA) is 21.3 Å². The van der Waals surface area contributed by atoms with Gasteiger partial charge in [0.05, 0.1) is 7.11 Å². The van der Waals surface area contributed by atoms with Crippen LogP contribution in [0.2, 0.25) is 0 Å². The van der Waals surface area contributed by atoms with Crippen molar-refractivity contribution < 1.29 is 4.74 Å². The molecule has 0 aliphatic rings. The summed E-state index contributed by atoms with van der Waals surface area (Å²) in [5.74, 6) is 0.922. The Hall–Kier alpha value is -1.02. The first-order valence-corrected chi connectivity index (χ1v) is 6.25. The maximum absolute atomic E-state index is 5.17. The van der Waals surface area contributed by atoms with E-state index in [4.69, 9.17) is 4.74 Å². The van der Waals surface area contributed by atoms with Crippen LogP contribution in [0.25, 0.3) is 0 Å². The number of ether oxygens (including phenoxy) is 1. The number of likely N-dealkylation sites (N-methyl/N-ethyl adjacent to an activating group) is 1. The van der Waals surface area contributed by atoms with Gasteiger partial charge in [0.1, 0.15) is 5.75 Å². The monoisotopic (exact) mass is 235 g/mol. The van der Waals surface area contributed by atoms with Gasteiger partial charge in [-0.1, -0.05) is 32.9 Å². The van der Waals surface area contributed by atoms with E-state index in [0.29, 0.717) is 11.5 Å². The van der Waals surface area contributed by atoms with Gasteiger partial charge in [-0.3, -0.25) is 0 Å². The number of hydrogen-bond donors (Lipinski definition) is 1. The third-order valence-corrected chi connectivity index (χ3v) is 2.91. The third kappa shape index (κ3) is 5.22. The molecule has 0 radical (unpaired) electrons. The molecule has 0 fully saturated rings. The first-order valence-electron chi connectivity index (χ1n) is 6.25. The van der Waals surface area contributed by atoms with Crippen molar-refractivity contribution in [3.63, 3.8) is 0 Å². The zero-order valence-electron chi connectivity index (χ0n) is 11.7. The van der Waals surface area contributed by atoms with Gasteiger partial charge in [0, 0.05) is 6.04 Å². The molecule has 0 aromatic heterocycles. The molecule has 1 rings (SSSR count). The van der Waals surface area contributed by atoms with Crippen LogP contribution >= 0.6 is 0 Å². The van der Waals surface area contributed by atoms with Gasteiger partial charge in [0.25, 0.3) is 0 Å². The Labute approximate surface area is 105 Å². The molecular formula is C15H25NO. The molecule has 0 saturated heterocycles. The molecule has 2 heteroatoms. The lowest BCUT2D eigenvalue weighted by Crippen LogP contribution is -2.31. The van der Waals surface area contributed by atoms with Gasteiger partial charge in [0.15, 0.2) is 0 Å². The number of benzene rings is 1. The Morgan fingerprint density at radius 1 is 1.18 bits per heavy atom. The summed E-state index contributed by atoms with van der Waals surface area (Å²) in [7, 11) is 3.74. The molecular weight excluding hydrogens is 210 g/mol. The van der Waals surface area contributed by atoms with Crippen molar-refractivity contribution in [1.82, 2.24) is 5.32 Å². The molecule has 0 bridgehead atoms. The van der Waals surface area contributed by atoms with Crippen molar-refractivity contribution in [1.29, 1.82) is 0 Å². The summed E-state index contributed by atoms with van der Waals surface area (Å²) in [5, 5.41) is 3.40. The predicted octanol–water partition coefficient (Wildman–Crippen LogP) is 3.26. The van der Waals surface area contributed by atoms with Crippen LogP contribution in [0.5, 0.6) is 5.75 Å². The molecule has 0 heterocycles. The van der Waals surface area contributed by atoms with Gasteiger partial charge < -0.3 is 10.1 Å². The summed E-state index contributed by atoms with van der Waals surface area (Å²) in [6.07, 6.45) is 2.24. The van der Waals surface area contributed by atoms with Gasteiger partial charge in [-0.25, -0.2) is 0 Å². The average molecular weight is 235 g/mol. The third-order valence-electron chi connectivity index (χ3n) is 2.91. The summed E-state index contributed by atoms with van der Waals surface area (Å²) < 4.78 is 5.17. The molecule has 17 heavy (non-hydrogen) atoms. The smallest absolute Gasteiger partial charge is 0.118 e. The maximum Gasteiger partial charge on any atom is 0.118 e. The van der Waals surface area contributed by atoms with E-state index in [2.05, 4.69) is 38.2 Å². The summed E-state index contributed by atoms with van der Waals surface area (Å²) in [6, 6.07) is 8.87. The van der Waals surface area contributed by atoms with Crippen molar-refractivity contribution in [2.45, 2.75) is 39.7 Å². The highest BCUT2D eigenvalue weighted by Crippen LogP contribution is 2.23. The van der Waals surface area contributed by atoms with E-state index < -0.39 is 0 Å². The summed E-state index contributed by atoms with van der Waals surface area (Å²) in [5.41, 5.74) is 1.72. The second-order valence-electron chi connectivity index (χ2n) is 5.80. The molecule has 96 valence electrons. The van der Waals surface area contributed by atoms with E-state index in [0.717, 1.165) is 12.2 Å². The number of methoxy groups -OCH3 is 1. The molecule has 1 atom stereocenters.